The van der Waals surface area contributed by atoms with Gasteiger partial charge in [-0.1, -0.05) is 224 Å². The minimum absolute atomic E-state index is 0.817. The molecule has 0 saturated carbocycles. The lowest BCUT2D eigenvalue weighted by atomic mass is 9.93. The monoisotopic (exact) mass is 1390 g/mol. The number of benzene rings is 17. The average molecular weight is 1390 g/mol. The summed E-state index contributed by atoms with van der Waals surface area (Å²) in [6.07, 6.45) is 0. The van der Waals surface area contributed by atoms with Gasteiger partial charge in [0, 0.05) is 74.0 Å². The van der Waals surface area contributed by atoms with Crippen LogP contribution in [0.5, 0.6) is 0 Å². The molecule has 0 spiro atoms. The molecule has 10 heteroatoms. The van der Waals surface area contributed by atoms with Gasteiger partial charge in [-0.15, -0.1) is 11.3 Å². The number of nitrogens with zero attached hydrogens (tertiary/aromatic N) is 8. The Kier molecular flexibility index (Phi) is 12.4. The predicted octanol–water partition coefficient (Wildman–Crippen LogP) is 26.1. The molecule has 0 amide bonds. The third-order valence-corrected chi connectivity index (χ3v) is 23.7. The van der Waals surface area contributed by atoms with E-state index in [2.05, 4.69) is 346 Å². The maximum absolute atomic E-state index is 6.23. The normalized spacial score (nSPS) is 12.3. The van der Waals surface area contributed by atoms with Crippen molar-refractivity contribution in [1.82, 2.24) is 37.9 Å². The second kappa shape index (κ2) is 22.6. The lowest BCUT2D eigenvalue weighted by Gasteiger charge is -2.15. The van der Waals surface area contributed by atoms with Crippen molar-refractivity contribution in [1.29, 1.82) is 0 Å². The fourth-order valence-electron chi connectivity index (χ4n) is 17.8. The van der Waals surface area contributed by atoms with E-state index >= 15 is 0 Å². The van der Waals surface area contributed by atoms with E-state index in [1.807, 2.05) is 23.5 Å². The van der Waals surface area contributed by atoms with Crippen LogP contribution in [0.15, 0.2) is 344 Å². The Balaban J connectivity index is 0.000000128. The highest BCUT2D eigenvalue weighted by atomic mass is 32.1. The molecule has 17 aromatic carbocycles. The molecule has 8 heterocycles. The number of fused-ring (bicyclic) bond motifs is 30. The average Bonchev–Trinajstić information content (AvgIpc) is 1.54. The lowest BCUT2D eigenvalue weighted by molar-refractivity contribution is 0.669. The van der Waals surface area contributed by atoms with Gasteiger partial charge in [0.1, 0.15) is 22.5 Å². The fraction of sp³-hybridized carbons (Fsp3) is 0. The highest BCUT2D eigenvalue weighted by Gasteiger charge is 2.28. The topological polar surface area (TPSA) is 83.4 Å². The summed E-state index contributed by atoms with van der Waals surface area (Å²) in [7, 11) is 0. The minimum atomic E-state index is 0.817. The van der Waals surface area contributed by atoms with Gasteiger partial charge in [-0.2, -0.15) is 0 Å². The van der Waals surface area contributed by atoms with Gasteiger partial charge in [0.05, 0.1) is 55.2 Å². The van der Waals surface area contributed by atoms with Crippen LogP contribution in [0.4, 0.5) is 0 Å². The van der Waals surface area contributed by atoms with Crippen molar-refractivity contribution in [3.05, 3.63) is 340 Å². The van der Waals surface area contributed by atoms with Gasteiger partial charge in [0.2, 0.25) is 11.9 Å². The lowest BCUT2D eigenvalue weighted by Crippen LogP contribution is -2.06. The molecule has 9 nitrogen and oxygen atoms in total. The molecule has 0 fully saturated rings. The predicted molar refractivity (Wildman–Crippen MR) is 451 cm³/mol. The van der Waals surface area contributed by atoms with Crippen LogP contribution >= 0.6 is 11.3 Å². The van der Waals surface area contributed by atoms with Gasteiger partial charge < -0.3 is 4.42 Å². The molecule has 0 atom stereocenters. The van der Waals surface area contributed by atoms with Gasteiger partial charge in [-0.3, -0.25) is 17.9 Å². The van der Waals surface area contributed by atoms with Crippen molar-refractivity contribution >= 4 is 195 Å². The van der Waals surface area contributed by atoms with Crippen LogP contribution in [0.25, 0.3) is 229 Å². The van der Waals surface area contributed by atoms with E-state index in [0.717, 1.165) is 122 Å². The van der Waals surface area contributed by atoms with Crippen LogP contribution in [0, 0.1) is 0 Å². The van der Waals surface area contributed by atoms with Gasteiger partial charge in [-0.25, -0.2) is 19.9 Å². The van der Waals surface area contributed by atoms with E-state index in [1.54, 1.807) is 0 Å². The molecule has 0 aliphatic rings. The third kappa shape index (κ3) is 8.51. The van der Waals surface area contributed by atoms with Crippen LogP contribution < -0.4 is 0 Å². The molecule has 0 saturated heterocycles. The molecule has 0 aliphatic heterocycles. The number of furan rings is 1. The van der Waals surface area contributed by atoms with Crippen molar-refractivity contribution in [3.8, 4) is 45.3 Å². The first kappa shape index (κ1) is 59.1. The zero-order valence-corrected chi connectivity index (χ0v) is 58.5. The van der Waals surface area contributed by atoms with Crippen LogP contribution in [-0.2, 0) is 0 Å². The Morgan fingerprint density at radius 1 is 0.241 bits per heavy atom. The molecular formula is C98H56N8OS. The summed E-state index contributed by atoms with van der Waals surface area (Å²) in [5.74, 6) is 1.64. The van der Waals surface area contributed by atoms with E-state index in [4.69, 9.17) is 24.4 Å². The van der Waals surface area contributed by atoms with Gasteiger partial charge in [-0.05, 0) is 181 Å². The molecule has 500 valence electrons. The number of rotatable bonds is 5. The van der Waals surface area contributed by atoms with Crippen LogP contribution in [0.1, 0.15) is 0 Å². The second-order valence-electron chi connectivity index (χ2n) is 28.3. The van der Waals surface area contributed by atoms with Gasteiger partial charge in [0.15, 0.2) is 0 Å². The maximum Gasteiger partial charge on any atom is 0.221 e. The summed E-state index contributed by atoms with van der Waals surface area (Å²) in [5.41, 5.74) is 21.1. The molecule has 25 aromatic rings. The molecule has 25 rings (SSSR count). The molecular weight excluding hydrogens is 1340 g/mol. The first-order chi connectivity index (χ1) is 53.6. The largest absolute Gasteiger partial charge is 0.456 e. The maximum atomic E-state index is 6.23. The first-order valence-corrected chi connectivity index (χ1v) is 37.4. The molecule has 0 N–H and O–H groups in total. The van der Waals surface area contributed by atoms with Gasteiger partial charge in [0.25, 0.3) is 0 Å². The van der Waals surface area contributed by atoms with E-state index in [-0.39, 0.29) is 0 Å². The van der Waals surface area contributed by atoms with Crippen molar-refractivity contribution in [3.63, 3.8) is 0 Å². The van der Waals surface area contributed by atoms with E-state index in [0.29, 0.717) is 0 Å². The minimum Gasteiger partial charge on any atom is -0.456 e. The zero-order chi connectivity index (χ0) is 70.4. The highest BCUT2D eigenvalue weighted by molar-refractivity contribution is 7.25. The van der Waals surface area contributed by atoms with Crippen molar-refractivity contribution in [2.45, 2.75) is 0 Å². The van der Waals surface area contributed by atoms with Crippen LogP contribution in [-0.4, -0.2) is 37.9 Å². The molecule has 108 heavy (non-hydrogen) atoms. The molecule has 0 aliphatic carbocycles. The van der Waals surface area contributed by atoms with Crippen LogP contribution in [0.3, 0.4) is 0 Å². The first-order valence-electron chi connectivity index (χ1n) is 36.6. The molecule has 0 unspecified atom stereocenters. The summed E-state index contributed by atoms with van der Waals surface area (Å²) in [6, 6.07) is 122. The SMILES string of the molecule is c1ccc(-c2ccc3sc4ccc(-c5cc6c7c8ccccc8ccc7n(-c7nc8ccccc8c8nc9ccccc9n78)c6c6ccccc56)cc4c3c2)cc1.c1ccc2c(c1)ccc1c2c2cc(-c3ccc4oc5ccccc5c4c3)c3ccccc3c2n1-c1nc2ccccc2c2nc3ccccc3n12. The zero-order valence-electron chi connectivity index (χ0n) is 57.7. The Bertz CT molecular complexity index is 8220. The smallest absolute Gasteiger partial charge is 0.221 e. The summed E-state index contributed by atoms with van der Waals surface area (Å²) in [5, 5.41) is 21.3. The number of thiophene rings is 1. The van der Waals surface area contributed by atoms with E-state index in [9.17, 15) is 0 Å². The summed E-state index contributed by atoms with van der Waals surface area (Å²) in [6.45, 7) is 0. The number of imidazole rings is 2. The fourth-order valence-corrected chi connectivity index (χ4v) is 18.8. The Hall–Kier alpha value is -14.3. The number of hydrogen-bond acceptors (Lipinski definition) is 6. The van der Waals surface area contributed by atoms with Crippen molar-refractivity contribution in [2.75, 3.05) is 0 Å². The summed E-state index contributed by atoms with van der Waals surface area (Å²) >= 11 is 1.87. The van der Waals surface area contributed by atoms with Gasteiger partial charge >= 0.3 is 0 Å². The quantitative estimate of drug-likeness (QED) is 0.171. The Morgan fingerprint density at radius 2 is 0.648 bits per heavy atom. The van der Waals surface area contributed by atoms with E-state index < -0.39 is 0 Å². The summed E-state index contributed by atoms with van der Waals surface area (Å²) in [4.78, 5) is 21.4. The Labute approximate surface area is 618 Å². The molecule has 0 radical (unpaired) electrons. The van der Waals surface area contributed by atoms with E-state index in [1.165, 1.54) is 107 Å². The standard InChI is InChI=1S/C52H30N4S.C46H26N4O/c1-2-12-31(13-3-1)33-23-26-47-40(28-33)41-29-34(24-27-48(41)57-47)39-30-42-49-35-15-5-4-14-32(35)22-25-46(49)55(50(42)37-17-7-6-16-36(37)39)52-54-43-19-9-8-18-38(43)51-53-44-20-10-11-21-45(44)56(51)52;1-2-12-29-27(11-1)21-23-40-43(29)36-26-34(28-22-24-42-35(25-28)31-14-6-10-20-41(31)51-42)30-13-3-4-15-32(30)44(36)49(40)46-48-37-17-7-5-16-33(37)45-47-38-18-8-9-19-39(38)50(45)46/h1-30H;1-26H. The highest BCUT2D eigenvalue weighted by Crippen LogP contribution is 2.49. The molecule has 0 bridgehead atoms. The third-order valence-electron chi connectivity index (χ3n) is 22.5. The number of hydrogen-bond donors (Lipinski definition) is 0. The van der Waals surface area contributed by atoms with Crippen molar-refractivity contribution < 1.29 is 4.42 Å². The summed E-state index contributed by atoms with van der Waals surface area (Å²) < 4.78 is 18.1. The van der Waals surface area contributed by atoms with Crippen molar-refractivity contribution in [2.24, 2.45) is 0 Å². The molecule has 8 aromatic heterocycles. The Morgan fingerprint density at radius 3 is 1.19 bits per heavy atom. The number of para-hydroxylation sites is 7. The van der Waals surface area contributed by atoms with Crippen LogP contribution in [0.2, 0.25) is 0 Å². The number of aromatic nitrogens is 8. The second-order valence-corrected chi connectivity index (χ2v) is 29.4.